The lowest BCUT2D eigenvalue weighted by Gasteiger charge is -2.16. The molecule has 0 radical (unpaired) electrons. The number of rotatable bonds is 7. The summed E-state index contributed by atoms with van der Waals surface area (Å²) in [5.41, 5.74) is 0.649. The molecule has 1 N–H and O–H groups in total. The lowest BCUT2D eigenvalue weighted by atomic mass is 10.1. The van der Waals surface area contributed by atoms with Gasteiger partial charge in [-0.15, -0.1) is 0 Å². The molecule has 0 aliphatic carbocycles. The number of nitrogens with one attached hydrogen (secondary N) is 1. The molecular weight excluding hydrogens is 381 g/mol. The summed E-state index contributed by atoms with van der Waals surface area (Å²) in [5, 5.41) is 3.32. The second-order valence-corrected chi connectivity index (χ2v) is 6.09. The van der Waals surface area contributed by atoms with Crippen molar-refractivity contribution in [1.82, 2.24) is 0 Å². The van der Waals surface area contributed by atoms with Gasteiger partial charge < -0.3 is 19.5 Å². The number of halogens is 2. The minimum Gasteiger partial charge on any atom is -0.497 e. The van der Waals surface area contributed by atoms with Crippen LogP contribution in [0.25, 0.3) is 0 Å². The van der Waals surface area contributed by atoms with Gasteiger partial charge in [-0.05, 0) is 18.2 Å². The smallest absolute Gasteiger partial charge is 0.255 e. The summed E-state index contributed by atoms with van der Waals surface area (Å²) < 4.78 is 15.4. The summed E-state index contributed by atoms with van der Waals surface area (Å²) in [6.07, 6.45) is 0. The van der Waals surface area contributed by atoms with Gasteiger partial charge in [-0.25, -0.2) is 0 Å². The Morgan fingerprint density at radius 1 is 0.962 bits per heavy atom. The molecule has 2 aromatic rings. The van der Waals surface area contributed by atoms with Crippen molar-refractivity contribution in [3.05, 3.63) is 51.5 Å². The van der Waals surface area contributed by atoms with Gasteiger partial charge in [-0.3, -0.25) is 9.59 Å². The van der Waals surface area contributed by atoms with Crippen LogP contribution in [0.4, 0.5) is 5.69 Å². The third-order valence-corrected chi connectivity index (χ3v) is 3.89. The number of hydrogen-bond donors (Lipinski definition) is 1. The lowest BCUT2D eigenvalue weighted by Crippen LogP contribution is -2.17. The number of carbonyl (C=O) groups excluding carboxylic acids is 2. The fraction of sp³-hybridized carbons (Fsp3) is 0.222. The SMILES string of the molecule is COCC(=O)c1c(NC(=O)c2cc(Cl)cc(Cl)c2)cc(OC)cc1OC. The van der Waals surface area contributed by atoms with Gasteiger partial charge in [0.25, 0.3) is 5.91 Å². The van der Waals surface area contributed by atoms with E-state index in [1.807, 2.05) is 0 Å². The number of carbonyl (C=O) groups is 2. The number of benzene rings is 2. The van der Waals surface area contributed by atoms with E-state index in [2.05, 4.69) is 5.32 Å². The molecule has 8 heteroatoms. The van der Waals surface area contributed by atoms with Crippen molar-refractivity contribution in [2.45, 2.75) is 0 Å². The van der Waals surface area contributed by atoms with Crippen LogP contribution in [0.2, 0.25) is 10.0 Å². The van der Waals surface area contributed by atoms with Gasteiger partial charge in [0.1, 0.15) is 18.1 Å². The Morgan fingerprint density at radius 3 is 2.15 bits per heavy atom. The minimum absolute atomic E-state index is 0.172. The van der Waals surface area contributed by atoms with Crippen molar-refractivity contribution in [3.63, 3.8) is 0 Å². The molecule has 26 heavy (non-hydrogen) atoms. The van der Waals surface area contributed by atoms with Gasteiger partial charge in [0.05, 0.1) is 25.5 Å². The summed E-state index contributed by atoms with van der Waals surface area (Å²) in [6.45, 7) is -0.172. The Hall–Kier alpha value is -2.28. The molecule has 2 aromatic carbocycles. The summed E-state index contributed by atoms with van der Waals surface area (Å²) >= 11 is 11.9. The van der Waals surface area contributed by atoms with Crippen molar-refractivity contribution >= 4 is 40.6 Å². The van der Waals surface area contributed by atoms with Crippen molar-refractivity contribution < 1.29 is 23.8 Å². The van der Waals surface area contributed by atoms with Crippen LogP contribution >= 0.6 is 23.2 Å². The summed E-state index contributed by atoms with van der Waals surface area (Å²) in [5.74, 6) is -0.177. The van der Waals surface area contributed by atoms with Crippen LogP contribution in [0, 0.1) is 0 Å². The zero-order valence-corrected chi connectivity index (χ0v) is 15.9. The standard InChI is InChI=1S/C18H17Cl2NO5/c1-24-9-15(22)17-14(7-13(25-2)8-16(17)26-3)21-18(23)10-4-11(19)6-12(20)5-10/h4-8H,9H2,1-3H3,(H,21,23). The van der Waals surface area contributed by atoms with Crippen LogP contribution in [0.5, 0.6) is 11.5 Å². The zero-order chi connectivity index (χ0) is 19.3. The van der Waals surface area contributed by atoms with Crippen LogP contribution in [0.15, 0.2) is 30.3 Å². The first-order valence-corrected chi connectivity index (χ1v) is 8.20. The molecular formula is C18H17Cl2NO5. The highest BCUT2D eigenvalue weighted by Gasteiger charge is 2.21. The van der Waals surface area contributed by atoms with Gasteiger partial charge >= 0.3 is 0 Å². The monoisotopic (exact) mass is 397 g/mol. The molecule has 0 aliphatic heterocycles. The topological polar surface area (TPSA) is 73.9 Å². The molecule has 0 atom stereocenters. The molecule has 0 fully saturated rings. The van der Waals surface area contributed by atoms with E-state index in [1.54, 1.807) is 6.07 Å². The molecule has 0 unspecified atom stereocenters. The quantitative estimate of drug-likeness (QED) is 0.712. The fourth-order valence-electron chi connectivity index (χ4n) is 2.34. The van der Waals surface area contributed by atoms with Crippen LogP contribution in [0.3, 0.4) is 0 Å². The second-order valence-electron chi connectivity index (χ2n) is 5.22. The maximum Gasteiger partial charge on any atom is 0.255 e. The van der Waals surface area contributed by atoms with E-state index in [0.717, 1.165) is 0 Å². The van der Waals surface area contributed by atoms with Crippen molar-refractivity contribution in [2.24, 2.45) is 0 Å². The Balaban J connectivity index is 2.48. The fourth-order valence-corrected chi connectivity index (χ4v) is 2.86. The highest BCUT2D eigenvalue weighted by Crippen LogP contribution is 2.33. The largest absolute Gasteiger partial charge is 0.497 e. The van der Waals surface area contributed by atoms with E-state index >= 15 is 0 Å². The number of amides is 1. The number of anilines is 1. The molecule has 0 bridgehead atoms. The molecule has 0 saturated heterocycles. The first-order chi connectivity index (χ1) is 12.4. The van der Waals surface area contributed by atoms with Crippen molar-refractivity contribution in [3.8, 4) is 11.5 Å². The first kappa shape index (κ1) is 20.0. The Bertz CT molecular complexity index is 818. The zero-order valence-electron chi connectivity index (χ0n) is 14.4. The second kappa shape index (κ2) is 8.89. The van der Waals surface area contributed by atoms with E-state index in [4.69, 9.17) is 37.4 Å². The predicted molar refractivity (Wildman–Crippen MR) is 100 cm³/mol. The normalized spacial score (nSPS) is 10.3. The highest BCUT2D eigenvalue weighted by atomic mass is 35.5. The maximum absolute atomic E-state index is 12.6. The number of Topliss-reactive ketones (excluding diaryl/α,β-unsaturated/α-hetero) is 1. The van der Waals surface area contributed by atoms with Crippen LogP contribution in [-0.2, 0) is 4.74 Å². The summed E-state index contributed by atoms with van der Waals surface area (Å²) in [7, 11) is 4.29. The van der Waals surface area contributed by atoms with Gasteiger partial charge in [0, 0.05) is 34.9 Å². The number of ketones is 1. The maximum atomic E-state index is 12.6. The van der Waals surface area contributed by atoms with E-state index < -0.39 is 5.91 Å². The minimum atomic E-state index is -0.490. The first-order valence-electron chi connectivity index (χ1n) is 7.45. The Kier molecular flexibility index (Phi) is 6.85. The lowest BCUT2D eigenvalue weighted by molar-refractivity contribution is 0.0846. The molecule has 2 rings (SSSR count). The summed E-state index contributed by atoms with van der Waals surface area (Å²) in [4.78, 5) is 25.0. The Morgan fingerprint density at radius 2 is 1.62 bits per heavy atom. The van der Waals surface area contributed by atoms with Gasteiger partial charge in [0.2, 0.25) is 0 Å². The van der Waals surface area contributed by atoms with Crippen LogP contribution in [-0.4, -0.2) is 39.6 Å². The van der Waals surface area contributed by atoms with Gasteiger partial charge in [0.15, 0.2) is 5.78 Å². The van der Waals surface area contributed by atoms with Crippen LogP contribution < -0.4 is 14.8 Å². The molecule has 0 aliphatic rings. The molecule has 1 amide bonds. The number of hydrogen-bond acceptors (Lipinski definition) is 5. The van der Waals surface area contributed by atoms with E-state index in [-0.39, 0.29) is 35.0 Å². The highest BCUT2D eigenvalue weighted by molar-refractivity contribution is 6.35. The average Bonchev–Trinajstić information content (AvgIpc) is 2.60. The third kappa shape index (κ3) is 4.66. The third-order valence-electron chi connectivity index (χ3n) is 3.46. The van der Waals surface area contributed by atoms with Gasteiger partial charge in [-0.2, -0.15) is 0 Å². The molecule has 0 heterocycles. The van der Waals surface area contributed by atoms with E-state index in [9.17, 15) is 9.59 Å². The predicted octanol–water partition coefficient (Wildman–Crippen LogP) is 4.09. The van der Waals surface area contributed by atoms with E-state index in [0.29, 0.717) is 15.8 Å². The van der Waals surface area contributed by atoms with Crippen molar-refractivity contribution in [2.75, 3.05) is 33.3 Å². The van der Waals surface area contributed by atoms with Crippen LogP contribution in [0.1, 0.15) is 20.7 Å². The molecule has 0 spiro atoms. The van der Waals surface area contributed by atoms with Gasteiger partial charge in [-0.1, -0.05) is 23.2 Å². The van der Waals surface area contributed by atoms with E-state index in [1.165, 1.54) is 45.6 Å². The molecule has 6 nitrogen and oxygen atoms in total. The number of ether oxygens (including phenoxy) is 3. The molecule has 138 valence electrons. The van der Waals surface area contributed by atoms with Crippen molar-refractivity contribution in [1.29, 1.82) is 0 Å². The summed E-state index contributed by atoms with van der Waals surface area (Å²) in [6, 6.07) is 7.53. The molecule has 0 aromatic heterocycles. The average molecular weight is 398 g/mol. The number of methoxy groups -OCH3 is 3. The Labute approximate surface area is 160 Å². The molecule has 0 saturated carbocycles.